The molecular formula is C18H29NO. The molecule has 0 radical (unpaired) electrons. The lowest BCUT2D eigenvalue weighted by Crippen LogP contribution is -2.39. The second-order valence-electron chi connectivity index (χ2n) is 6.13. The average Bonchev–Trinajstić information content (AvgIpc) is 2.50. The van der Waals surface area contributed by atoms with Gasteiger partial charge in [-0.3, -0.25) is 0 Å². The summed E-state index contributed by atoms with van der Waals surface area (Å²) >= 11 is 0. The predicted octanol–water partition coefficient (Wildman–Crippen LogP) is 3.81. The highest BCUT2D eigenvalue weighted by Gasteiger charge is 2.31. The van der Waals surface area contributed by atoms with Gasteiger partial charge in [-0.1, -0.05) is 37.3 Å². The Labute approximate surface area is 123 Å². The van der Waals surface area contributed by atoms with Gasteiger partial charge in [-0.2, -0.15) is 0 Å². The minimum Gasteiger partial charge on any atom is -0.381 e. The number of hydrogen-bond acceptors (Lipinski definition) is 2. The Balaban J connectivity index is 1.80. The summed E-state index contributed by atoms with van der Waals surface area (Å²) in [6.07, 6.45) is 7.48. The Morgan fingerprint density at radius 2 is 1.90 bits per heavy atom. The van der Waals surface area contributed by atoms with Gasteiger partial charge in [0.1, 0.15) is 0 Å². The first kappa shape index (κ1) is 15.5. The van der Waals surface area contributed by atoms with E-state index in [1.807, 2.05) is 0 Å². The third-order valence-electron chi connectivity index (χ3n) is 4.50. The van der Waals surface area contributed by atoms with Crippen molar-refractivity contribution in [1.82, 2.24) is 5.32 Å². The largest absolute Gasteiger partial charge is 0.381 e. The van der Waals surface area contributed by atoms with Crippen molar-refractivity contribution < 1.29 is 4.74 Å². The lowest BCUT2D eigenvalue weighted by molar-refractivity contribution is 0.00959. The Morgan fingerprint density at radius 3 is 2.60 bits per heavy atom. The van der Waals surface area contributed by atoms with Crippen molar-refractivity contribution in [3.05, 3.63) is 35.9 Å². The second kappa shape index (κ2) is 8.43. The molecule has 20 heavy (non-hydrogen) atoms. The maximum absolute atomic E-state index is 5.57. The van der Waals surface area contributed by atoms with Crippen LogP contribution in [-0.2, 0) is 11.2 Å². The Hall–Kier alpha value is -0.860. The molecule has 112 valence electrons. The van der Waals surface area contributed by atoms with Crippen LogP contribution in [0.25, 0.3) is 0 Å². The molecule has 1 aliphatic heterocycles. The van der Waals surface area contributed by atoms with Crippen LogP contribution in [0.3, 0.4) is 0 Å². The van der Waals surface area contributed by atoms with E-state index in [0.717, 1.165) is 19.8 Å². The minimum atomic E-state index is 0.474. The first-order valence-electron chi connectivity index (χ1n) is 8.17. The zero-order valence-electron chi connectivity index (χ0n) is 12.9. The fourth-order valence-corrected chi connectivity index (χ4v) is 3.16. The first-order chi connectivity index (χ1) is 9.85. The maximum Gasteiger partial charge on any atom is 0.0471 e. The molecule has 0 unspecified atom stereocenters. The van der Waals surface area contributed by atoms with Gasteiger partial charge >= 0.3 is 0 Å². The SMILES string of the molecule is CCCNCC1(CCCc2ccccc2)CCOCC1. The van der Waals surface area contributed by atoms with Crippen LogP contribution >= 0.6 is 0 Å². The molecule has 1 saturated heterocycles. The minimum absolute atomic E-state index is 0.474. The number of nitrogens with one attached hydrogen (secondary N) is 1. The second-order valence-corrected chi connectivity index (χ2v) is 6.13. The molecule has 1 heterocycles. The predicted molar refractivity (Wildman–Crippen MR) is 85.0 cm³/mol. The van der Waals surface area contributed by atoms with E-state index in [0.29, 0.717) is 5.41 Å². The van der Waals surface area contributed by atoms with Gasteiger partial charge in [-0.15, -0.1) is 0 Å². The van der Waals surface area contributed by atoms with E-state index < -0.39 is 0 Å². The van der Waals surface area contributed by atoms with Crippen LogP contribution < -0.4 is 5.32 Å². The summed E-state index contributed by atoms with van der Waals surface area (Å²) in [7, 11) is 0. The van der Waals surface area contributed by atoms with Gasteiger partial charge in [0.05, 0.1) is 0 Å². The van der Waals surface area contributed by atoms with Gasteiger partial charge in [0, 0.05) is 19.8 Å². The molecule has 2 nitrogen and oxygen atoms in total. The molecule has 0 atom stereocenters. The van der Waals surface area contributed by atoms with Gasteiger partial charge in [-0.25, -0.2) is 0 Å². The van der Waals surface area contributed by atoms with Crippen molar-refractivity contribution >= 4 is 0 Å². The molecule has 1 aromatic rings. The van der Waals surface area contributed by atoms with Crippen molar-refractivity contribution in [3.8, 4) is 0 Å². The van der Waals surface area contributed by atoms with E-state index in [1.165, 1.54) is 50.6 Å². The van der Waals surface area contributed by atoms with Crippen LogP contribution in [0.4, 0.5) is 0 Å². The van der Waals surface area contributed by atoms with E-state index >= 15 is 0 Å². The van der Waals surface area contributed by atoms with Crippen molar-refractivity contribution in [2.45, 2.75) is 45.4 Å². The van der Waals surface area contributed by atoms with E-state index in [-0.39, 0.29) is 0 Å². The van der Waals surface area contributed by atoms with Crippen LogP contribution in [0.2, 0.25) is 0 Å². The zero-order chi connectivity index (χ0) is 14.1. The summed E-state index contributed by atoms with van der Waals surface area (Å²) in [5, 5.41) is 3.64. The molecule has 1 aliphatic rings. The van der Waals surface area contributed by atoms with Crippen molar-refractivity contribution in [2.75, 3.05) is 26.3 Å². The lowest BCUT2D eigenvalue weighted by atomic mass is 9.75. The fourth-order valence-electron chi connectivity index (χ4n) is 3.16. The molecule has 0 saturated carbocycles. The van der Waals surface area contributed by atoms with Crippen LogP contribution in [0, 0.1) is 5.41 Å². The molecule has 2 rings (SSSR count). The lowest BCUT2D eigenvalue weighted by Gasteiger charge is -2.37. The Morgan fingerprint density at radius 1 is 1.15 bits per heavy atom. The molecule has 0 amide bonds. The number of rotatable bonds is 8. The van der Waals surface area contributed by atoms with Crippen LogP contribution in [-0.4, -0.2) is 26.3 Å². The number of hydrogen-bond donors (Lipinski definition) is 1. The average molecular weight is 275 g/mol. The van der Waals surface area contributed by atoms with Gasteiger partial charge < -0.3 is 10.1 Å². The van der Waals surface area contributed by atoms with E-state index in [2.05, 4.69) is 42.6 Å². The highest BCUT2D eigenvalue weighted by molar-refractivity contribution is 5.14. The molecule has 0 bridgehead atoms. The third kappa shape index (κ3) is 4.92. The van der Waals surface area contributed by atoms with Crippen molar-refractivity contribution in [1.29, 1.82) is 0 Å². The highest BCUT2D eigenvalue weighted by Crippen LogP contribution is 2.35. The van der Waals surface area contributed by atoms with Crippen LogP contribution in [0.1, 0.15) is 44.6 Å². The third-order valence-corrected chi connectivity index (χ3v) is 4.50. The maximum atomic E-state index is 5.57. The molecule has 0 aliphatic carbocycles. The standard InChI is InChI=1S/C18H29NO/c1-2-13-19-16-18(11-14-20-15-12-18)10-6-9-17-7-4-3-5-8-17/h3-5,7-8,19H,2,6,9-16H2,1H3. The highest BCUT2D eigenvalue weighted by atomic mass is 16.5. The summed E-state index contributed by atoms with van der Waals surface area (Å²) in [6.45, 7) is 6.43. The smallest absolute Gasteiger partial charge is 0.0471 e. The van der Waals surface area contributed by atoms with E-state index in [9.17, 15) is 0 Å². The summed E-state index contributed by atoms with van der Waals surface area (Å²) in [4.78, 5) is 0. The van der Waals surface area contributed by atoms with Gasteiger partial charge in [-0.05, 0) is 56.0 Å². The fraction of sp³-hybridized carbons (Fsp3) is 0.667. The molecule has 2 heteroatoms. The summed E-state index contributed by atoms with van der Waals surface area (Å²) < 4.78 is 5.57. The molecule has 1 aromatic carbocycles. The van der Waals surface area contributed by atoms with Gasteiger partial charge in [0.15, 0.2) is 0 Å². The van der Waals surface area contributed by atoms with E-state index in [1.54, 1.807) is 0 Å². The van der Waals surface area contributed by atoms with Crippen LogP contribution in [0.15, 0.2) is 30.3 Å². The number of aryl methyl sites for hydroxylation is 1. The van der Waals surface area contributed by atoms with Gasteiger partial charge in [0.25, 0.3) is 0 Å². The molecule has 0 aromatic heterocycles. The van der Waals surface area contributed by atoms with Crippen LogP contribution in [0.5, 0.6) is 0 Å². The number of ether oxygens (including phenoxy) is 1. The molecule has 1 fully saturated rings. The topological polar surface area (TPSA) is 21.3 Å². The number of benzene rings is 1. The Bertz CT molecular complexity index is 357. The summed E-state index contributed by atoms with van der Waals surface area (Å²) in [5.41, 5.74) is 1.94. The van der Waals surface area contributed by atoms with Gasteiger partial charge in [0.2, 0.25) is 0 Å². The zero-order valence-corrected chi connectivity index (χ0v) is 12.9. The Kier molecular flexibility index (Phi) is 6.55. The quantitative estimate of drug-likeness (QED) is 0.729. The molecule has 0 spiro atoms. The normalized spacial score (nSPS) is 18.1. The molecule has 1 N–H and O–H groups in total. The first-order valence-corrected chi connectivity index (χ1v) is 8.17. The molecular weight excluding hydrogens is 246 g/mol. The van der Waals surface area contributed by atoms with Crippen molar-refractivity contribution in [3.63, 3.8) is 0 Å². The van der Waals surface area contributed by atoms with E-state index in [4.69, 9.17) is 4.74 Å². The summed E-state index contributed by atoms with van der Waals surface area (Å²) in [5.74, 6) is 0. The summed E-state index contributed by atoms with van der Waals surface area (Å²) in [6, 6.07) is 10.9. The monoisotopic (exact) mass is 275 g/mol. The van der Waals surface area contributed by atoms with Crippen molar-refractivity contribution in [2.24, 2.45) is 5.41 Å².